The van der Waals surface area contributed by atoms with E-state index < -0.39 is 0 Å². The number of carbonyl (C=O) groups excluding carboxylic acids is 2. The second-order valence-electron chi connectivity index (χ2n) is 6.12. The molecule has 2 aromatic heterocycles. The second kappa shape index (κ2) is 6.39. The van der Waals surface area contributed by atoms with Crippen molar-refractivity contribution in [3.8, 4) is 0 Å². The molecule has 0 spiro atoms. The fourth-order valence-corrected chi connectivity index (χ4v) is 3.13. The molecule has 4 rings (SSSR count). The third-order valence-corrected chi connectivity index (χ3v) is 4.45. The third kappa shape index (κ3) is 2.98. The van der Waals surface area contributed by atoms with E-state index in [2.05, 4.69) is 25.5 Å². The van der Waals surface area contributed by atoms with Gasteiger partial charge < -0.3 is 10.3 Å². The molecule has 3 aromatic rings. The third-order valence-electron chi connectivity index (χ3n) is 4.45. The molecule has 0 aliphatic carbocycles. The van der Waals surface area contributed by atoms with Crippen LogP contribution in [0, 0.1) is 5.92 Å². The largest absolute Gasteiger partial charge is 0.355 e. The van der Waals surface area contributed by atoms with Gasteiger partial charge in [-0.2, -0.15) is 5.10 Å². The molecule has 128 valence electrons. The van der Waals surface area contributed by atoms with Gasteiger partial charge in [0.05, 0.1) is 17.8 Å². The van der Waals surface area contributed by atoms with Gasteiger partial charge in [-0.1, -0.05) is 12.1 Å². The first kappa shape index (κ1) is 15.4. The Bertz CT molecular complexity index is 901. The zero-order valence-corrected chi connectivity index (χ0v) is 13.5. The van der Waals surface area contributed by atoms with Crippen LogP contribution in [0.25, 0.3) is 10.9 Å². The van der Waals surface area contributed by atoms with Gasteiger partial charge >= 0.3 is 0 Å². The van der Waals surface area contributed by atoms with Crippen LogP contribution < -0.4 is 10.2 Å². The van der Waals surface area contributed by atoms with Gasteiger partial charge in [-0.05, 0) is 12.1 Å². The Labute approximate surface area is 143 Å². The van der Waals surface area contributed by atoms with Crippen LogP contribution in [0.3, 0.4) is 0 Å². The lowest BCUT2D eigenvalue weighted by molar-refractivity contribution is -0.126. The number of fused-ring (bicyclic) bond motifs is 1. The number of carbonyl (C=O) groups is 2. The monoisotopic (exact) mass is 338 g/mol. The van der Waals surface area contributed by atoms with Gasteiger partial charge in [0.2, 0.25) is 11.8 Å². The number of H-pyrrole nitrogens is 2. The summed E-state index contributed by atoms with van der Waals surface area (Å²) in [5, 5.41) is 11.0. The highest BCUT2D eigenvalue weighted by Crippen LogP contribution is 2.29. The van der Waals surface area contributed by atoms with Gasteiger partial charge in [0.15, 0.2) is 5.82 Å². The number of nitrogens with zero attached hydrogens (tertiary/aromatic N) is 3. The lowest BCUT2D eigenvalue weighted by Gasteiger charge is -2.14. The lowest BCUT2D eigenvalue weighted by Crippen LogP contribution is -2.34. The zero-order valence-electron chi connectivity index (χ0n) is 13.5. The van der Waals surface area contributed by atoms with E-state index in [1.807, 2.05) is 24.3 Å². The molecular formula is C17H18N6O2. The minimum Gasteiger partial charge on any atom is -0.355 e. The van der Waals surface area contributed by atoms with Crippen molar-refractivity contribution in [2.24, 2.45) is 5.92 Å². The van der Waals surface area contributed by atoms with E-state index in [4.69, 9.17) is 0 Å². The smallest absolute Gasteiger partial charge is 0.229 e. The van der Waals surface area contributed by atoms with Crippen LogP contribution in [-0.2, 0) is 16.0 Å². The van der Waals surface area contributed by atoms with E-state index in [0.29, 0.717) is 25.3 Å². The summed E-state index contributed by atoms with van der Waals surface area (Å²) in [5.41, 5.74) is 1.84. The molecule has 2 amide bonds. The van der Waals surface area contributed by atoms with Gasteiger partial charge in [-0.15, -0.1) is 0 Å². The van der Waals surface area contributed by atoms with E-state index in [1.54, 1.807) is 17.4 Å². The van der Waals surface area contributed by atoms with Crippen molar-refractivity contribution >= 4 is 28.5 Å². The Morgan fingerprint density at radius 2 is 2.24 bits per heavy atom. The second-order valence-corrected chi connectivity index (χ2v) is 6.12. The number of aromatic amines is 2. The molecule has 1 aliphatic rings. The molecule has 8 heteroatoms. The molecule has 8 nitrogen and oxygen atoms in total. The topological polar surface area (TPSA) is 107 Å². The molecule has 0 saturated carbocycles. The first-order chi connectivity index (χ1) is 12.2. The van der Waals surface area contributed by atoms with Crippen LogP contribution in [0.2, 0.25) is 0 Å². The van der Waals surface area contributed by atoms with Gasteiger partial charge in [0.1, 0.15) is 0 Å². The van der Waals surface area contributed by atoms with Crippen molar-refractivity contribution in [1.29, 1.82) is 0 Å². The molecule has 1 fully saturated rings. The first-order valence-corrected chi connectivity index (χ1v) is 8.21. The maximum absolute atomic E-state index is 12.4. The average Bonchev–Trinajstić information content (AvgIpc) is 3.34. The van der Waals surface area contributed by atoms with E-state index in [-0.39, 0.29) is 24.2 Å². The fourth-order valence-electron chi connectivity index (χ4n) is 3.13. The number of nitrogens with one attached hydrogen (secondary N) is 3. The van der Waals surface area contributed by atoms with Gasteiger partial charge in [0, 0.05) is 43.2 Å². The van der Waals surface area contributed by atoms with Crippen LogP contribution in [0.1, 0.15) is 12.1 Å². The number of amides is 2. The highest BCUT2D eigenvalue weighted by molar-refractivity contribution is 6.05. The van der Waals surface area contributed by atoms with E-state index in [1.165, 1.54) is 0 Å². The Morgan fingerprint density at radius 3 is 3.08 bits per heavy atom. The Hall–Kier alpha value is -3.16. The van der Waals surface area contributed by atoms with Crippen molar-refractivity contribution in [2.75, 3.05) is 18.0 Å². The summed E-state index contributed by atoms with van der Waals surface area (Å²) in [4.78, 5) is 33.3. The van der Waals surface area contributed by atoms with Crippen LogP contribution in [-0.4, -0.2) is 45.1 Å². The van der Waals surface area contributed by atoms with Gasteiger partial charge in [-0.3, -0.25) is 19.6 Å². The van der Waals surface area contributed by atoms with Crippen LogP contribution in [0.4, 0.5) is 5.82 Å². The number of benzene rings is 1. The maximum atomic E-state index is 12.4. The van der Waals surface area contributed by atoms with Crippen molar-refractivity contribution in [1.82, 2.24) is 25.5 Å². The number of para-hydroxylation sites is 1. The van der Waals surface area contributed by atoms with Crippen molar-refractivity contribution < 1.29 is 9.59 Å². The first-order valence-electron chi connectivity index (χ1n) is 8.21. The number of rotatable bonds is 5. The van der Waals surface area contributed by atoms with Gasteiger partial charge in [0.25, 0.3) is 0 Å². The Kier molecular flexibility index (Phi) is 3.93. The molecule has 1 aromatic carbocycles. The highest BCUT2D eigenvalue weighted by atomic mass is 16.2. The summed E-state index contributed by atoms with van der Waals surface area (Å²) in [7, 11) is 0. The van der Waals surface area contributed by atoms with E-state index >= 15 is 0 Å². The predicted octanol–water partition coefficient (Wildman–Crippen LogP) is 0.998. The number of hydrogen-bond donors (Lipinski definition) is 3. The number of hydrogen-bond acceptors (Lipinski definition) is 4. The average molecular weight is 338 g/mol. The molecule has 1 aliphatic heterocycles. The molecule has 1 atom stereocenters. The fraction of sp³-hybridized carbons (Fsp3) is 0.294. The van der Waals surface area contributed by atoms with Crippen molar-refractivity contribution in [3.63, 3.8) is 0 Å². The quantitative estimate of drug-likeness (QED) is 0.645. The van der Waals surface area contributed by atoms with Crippen LogP contribution in [0.15, 0.2) is 36.8 Å². The van der Waals surface area contributed by atoms with Crippen molar-refractivity contribution in [2.45, 2.75) is 12.8 Å². The summed E-state index contributed by atoms with van der Waals surface area (Å²) in [5.74, 6) is 0.0549. The predicted molar refractivity (Wildman–Crippen MR) is 91.9 cm³/mol. The summed E-state index contributed by atoms with van der Waals surface area (Å²) >= 11 is 0. The number of aromatic nitrogens is 4. The van der Waals surface area contributed by atoms with Crippen molar-refractivity contribution in [3.05, 3.63) is 42.5 Å². The Morgan fingerprint density at radius 1 is 1.36 bits per heavy atom. The van der Waals surface area contributed by atoms with Crippen LogP contribution in [0.5, 0.6) is 0 Å². The zero-order chi connectivity index (χ0) is 17.2. The molecule has 3 N–H and O–H groups in total. The molecule has 1 unspecified atom stereocenters. The molecule has 0 radical (unpaired) electrons. The number of anilines is 1. The standard InChI is InChI=1S/C17H18N6O2/c24-15-7-11(17(25)19-6-5-12-8-18-10-20-12)9-23(15)16-13-3-1-2-4-14(13)21-22-16/h1-4,8,10-11H,5-7,9H2,(H,18,20)(H,19,25)(H,21,22). The number of imidazole rings is 1. The summed E-state index contributed by atoms with van der Waals surface area (Å²) in [6.45, 7) is 0.862. The summed E-state index contributed by atoms with van der Waals surface area (Å²) < 4.78 is 0. The summed E-state index contributed by atoms with van der Waals surface area (Å²) in [6.07, 6.45) is 4.23. The van der Waals surface area contributed by atoms with Gasteiger partial charge in [-0.25, -0.2) is 4.98 Å². The van der Waals surface area contributed by atoms with E-state index in [0.717, 1.165) is 16.6 Å². The minimum absolute atomic E-state index is 0.0778. The molecular weight excluding hydrogens is 320 g/mol. The molecule has 25 heavy (non-hydrogen) atoms. The Balaban J connectivity index is 1.40. The SMILES string of the molecule is O=C(NCCc1cnc[nH]1)C1CC(=O)N(c2n[nH]c3ccccc23)C1. The molecule has 3 heterocycles. The lowest BCUT2D eigenvalue weighted by atomic mass is 10.1. The van der Waals surface area contributed by atoms with Crippen LogP contribution >= 0.6 is 0 Å². The maximum Gasteiger partial charge on any atom is 0.229 e. The highest BCUT2D eigenvalue weighted by Gasteiger charge is 2.36. The molecule has 1 saturated heterocycles. The normalized spacial score (nSPS) is 17.4. The molecule has 0 bridgehead atoms. The van der Waals surface area contributed by atoms with E-state index in [9.17, 15) is 9.59 Å². The summed E-state index contributed by atoms with van der Waals surface area (Å²) in [6, 6.07) is 7.64. The minimum atomic E-state index is -0.357.